The van der Waals surface area contributed by atoms with Crippen molar-refractivity contribution in [2.45, 2.75) is 33.0 Å². The number of hydrogen-bond acceptors (Lipinski definition) is 2. The number of para-hydroxylation sites is 1. The molecule has 0 aliphatic carbocycles. The van der Waals surface area contributed by atoms with E-state index >= 15 is 0 Å². The van der Waals surface area contributed by atoms with Crippen molar-refractivity contribution in [2.75, 3.05) is 19.6 Å². The number of hydrogen-bond donors (Lipinski definition) is 2. The Kier molecular flexibility index (Phi) is 3.83. The van der Waals surface area contributed by atoms with Crippen molar-refractivity contribution in [3.05, 3.63) is 35.5 Å². The summed E-state index contributed by atoms with van der Waals surface area (Å²) in [6, 6.07) is 8.01. The number of morpholine rings is 1. The van der Waals surface area contributed by atoms with Crippen molar-refractivity contribution in [3.63, 3.8) is 0 Å². The zero-order valence-electron chi connectivity index (χ0n) is 12.9. The second-order valence-corrected chi connectivity index (χ2v) is 6.19. The molecule has 1 aliphatic heterocycles. The second kappa shape index (κ2) is 5.62. The number of aromatic nitrogens is 1. The predicted octanol–water partition coefficient (Wildman–Crippen LogP) is 1.35. The van der Waals surface area contributed by atoms with Crippen LogP contribution in [0.2, 0.25) is 0 Å². The standard InChI is InChI=1S/C17H22N2O2/c1-11-8-19(9-12(2)21-11)10-16(20)17-13(3)18-15-7-5-4-6-14(15)17/h4-7,11-12,18H,8-10H2,1-3H3/p+1/t11-,12+. The normalized spacial score (nSPS) is 26.1. The lowest BCUT2D eigenvalue weighted by Crippen LogP contribution is -3.16. The molecule has 3 rings (SSSR count). The Morgan fingerprint density at radius 1 is 1.29 bits per heavy atom. The lowest BCUT2D eigenvalue weighted by atomic mass is 10.1. The first-order chi connectivity index (χ1) is 10.0. The highest BCUT2D eigenvalue weighted by Gasteiger charge is 2.28. The number of ketones is 1. The van der Waals surface area contributed by atoms with Crippen LogP contribution in [0, 0.1) is 6.92 Å². The van der Waals surface area contributed by atoms with E-state index in [1.54, 1.807) is 0 Å². The van der Waals surface area contributed by atoms with Crippen LogP contribution in [0.4, 0.5) is 0 Å². The van der Waals surface area contributed by atoms with Crippen molar-refractivity contribution in [1.29, 1.82) is 0 Å². The topological polar surface area (TPSA) is 46.5 Å². The highest BCUT2D eigenvalue weighted by Crippen LogP contribution is 2.21. The van der Waals surface area contributed by atoms with Gasteiger partial charge in [-0.3, -0.25) is 4.79 Å². The number of aromatic amines is 1. The number of rotatable bonds is 3. The van der Waals surface area contributed by atoms with E-state index in [-0.39, 0.29) is 18.0 Å². The number of benzene rings is 1. The molecule has 112 valence electrons. The lowest BCUT2D eigenvalue weighted by Gasteiger charge is -2.31. The van der Waals surface area contributed by atoms with Gasteiger partial charge in [0.15, 0.2) is 0 Å². The third-order valence-corrected chi connectivity index (χ3v) is 4.20. The zero-order valence-corrected chi connectivity index (χ0v) is 12.9. The molecule has 4 heteroatoms. The van der Waals surface area contributed by atoms with Gasteiger partial charge < -0.3 is 14.6 Å². The van der Waals surface area contributed by atoms with Gasteiger partial charge in [0.05, 0.1) is 5.56 Å². The summed E-state index contributed by atoms with van der Waals surface area (Å²) in [7, 11) is 0. The Morgan fingerprint density at radius 3 is 2.67 bits per heavy atom. The number of fused-ring (bicyclic) bond motifs is 1. The van der Waals surface area contributed by atoms with Crippen LogP contribution >= 0.6 is 0 Å². The SMILES string of the molecule is Cc1[nH]c2ccccc2c1C(=O)C[NH+]1C[C@@H](C)O[C@@H](C)C1. The van der Waals surface area contributed by atoms with Gasteiger partial charge in [-0.25, -0.2) is 0 Å². The average Bonchev–Trinajstić information content (AvgIpc) is 2.73. The minimum atomic E-state index is 0.223. The van der Waals surface area contributed by atoms with E-state index in [1.807, 2.05) is 31.2 Å². The molecule has 2 heterocycles. The van der Waals surface area contributed by atoms with E-state index in [0.717, 1.165) is 35.2 Å². The fourth-order valence-electron chi connectivity index (χ4n) is 3.48. The van der Waals surface area contributed by atoms with Gasteiger partial charge in [0.25, 0.3) is 0 Å². The summed E-state index contributed by atoms with van der Waals surface area (Å²) in [6.45, 7) is 8.48. The number of nitrogens with one attached hydrogen (secondary N) is 2. The number of H-pyrrole nitrogens is 1. The second-order valence-electron chi connectivity index (χ2n) is 6.19. The smallest absolute Gasteiger partial charge is 0.219 e. The fourth-order valence-corrected chi connectivity index (χ4v) is 3.48. The van der Waals surface area contributed by atoms with Gasteiger partial charge in [0.2, 0.25) is 5.78 Å². The molecule has 0 radical (unpaired) electrons. The Hall–Kier alpha value is -1.65. The van der Waals surface area contributed by atoms with Crippen LogP contribution in [0.1, 0.15) is 29.9 Å². The molecular formula is C17H23N2O2+. The summed E-state index contributed by atoms with van der Waals surface area (Å²) in [5, 5.41) is 1.04. The number of aryl methyl sites for hydroxylation is 1. The van der Waals surface area contributed by atoms with Crippen LogP contribution in [-0.2, 0) is 4.74 Å². The molecule has 3 atom stereocenters. The van der Waals surface area contributed by atoms with Crippen LogP contribution in [0.15, 0.2) is 24.3 Å². The van der Waals surface area contributed by atoms with Crippen LogP contribution in [0.3, 0.4) is 0 Å². The van der Waals surface area contributed by atoms with E-state index in [4.69, 9.17) is 4.74 Å². The molecule has 0 bridgehead atoms. The summed E-state index contributed by atoms with van der Waals surface area (Å²) in [6.07, 6.45) is 0.446. The number of carbonyl (C=O) groups excluding carboxylic acids is 1. The molecule has 0 amide bonds. The first-order valence-electron chi connectivity index (χ1n) is 7.64. The molecule has 1 saturated heterocycles. The van der Waals surface area contributed by atoms with Crippen LogP contribution < -0.4 is 4.90 Å². The molecule has 1 aromatic carbocycles. The maximum Gasteiger partial charge on any atom is 0.219 e. The van der Waals surface area contributed by atoms with Crippen molar-refractivity contribution < 1.29 is 14.4 Å². The monoisotopic (exact) mass is 287 g/mol. The molecule has 4 nitrogen and oxygen atoms in total. The number of Topliss-reactive ketones (excluding diaryl/α,β-unsaturated/α-hetero) is 1. The van der Waals surface area contributed by atoms with Crippen molar-refractivity contribution >= 4 is 16.7 Å². The van der Waals surface area contributed by atoms with Gasteiger partial charge in [0, 0.05) is 16.6 Å². The van der Waals surface area contributed by atoms with Crippen LogP contribution in [-0.4, -0.2) is 42.6 Å². The van der Waals surface area contributed by atoms with E-state index < -0.39 is 0 Å². The molecule has 21 heavy (non-hydrogen) atoms. The highest BCUT2D eigenvalue weighted by molar-refractivity contribution is 6.09. The molecule has 0 spiro atoms. The minimum absolute atomic E-state index is 0.223. The third kappa shape index (κ3) is 2.87. The van der Waals surface area contributed by atoms with Gasteiger partial charge in [-0.15, -0.1) is 0 Å². The summed E-state index contributed by atoms with van der Waals surface area (Å²) in [5.41, 5.74) is 2.86. The third-order valence-electron chi connectivity index (χ3n) is 4.20. The van der Waals surface area contributed by atoms with E-state index in [9.17, 15) is 4.79 Å². The highest BCUT2D eigenvalue weighted by atomic mass is 16.5. The average molecular weight is 287 g/mol. The van der Waals surface area contributed by atoms with Crippen molar-refractivity contribution in [3.8, 4) is 0 Å². The minimum Gasteiger partial charge on any atom is -0.364 e. The largest absolute Gasteiger partial charge is 0.364 e. The van der Waals surface area contributed by atoms with Crippen molar-refractivity contribution in [2.24, 2.45) is 0 Å². The van der Waals surface area contributed by atoms with Gasteiger partial charge in [0.1, 0.15) is 31.8 Å². The van der Waals surface area contributed by atoms with Crippen molar-refractivity contribution in [1.82, 2.24) is 4.98 Å². The first-order valence-corrected chi connectivity index (χ1v) is 7.64. The Labute approximate surface area is 125 Å². The quantitative estimate of drug-likeness (QED) is 0.837. The maximum absolute atomic E-state index is 12.7. The van der Waals surface area contributed by atoms with Crippen LogP contribution in [0.25, 0.3) is 10.9 Å². The lowest BCUT2D eigenvalue weighted by molar-refractivity contribution is -0.906. The molecular weight excluding hydrogens is 264 g/mol. The Bertz CT molecular complexity index is 652. The van der Waals surface area contributed by atoms with Crippen LogP contribution in [0.5, 0.6) is 0 Å². The predicted molar refractivity (Wildman–Crippen MR) is 82.9 cm³/mol. The summed E-state index contributed by atoms with van der Waals surface area (Å²) >= 11 is 0. The van der Waals surface area contributed by atoms with Gasteiger partial charge >= 0.3 is 0 Å². The first kappa shape index (κ1) is 14.3. The molecule has 1 aliphatic rings. The summed E-state index contributed by atoms with van der Waals surface area (Å²) in [5.74, 6) is 0.223. The van der Waals surface area contributed by atoms with Gasteiger partial charge in [-0.1, -0.05) is 18.2 Å². The molecule has 1 unspecified atom stereocenters. The number of carbonyl (C=O) groups is 1. The summed E-state index contributed by atoms with van der Waals surface area (Å²) in [4.78, 5) is 17.4. The zero-order chi connectivity index (χ0) is 15.0. The fraction of sp³-hybridized carbons (Fsp3) is 0.471. The summed E-state index contributed by atoms with van der Waals surface area (Å²) < 4.78 is 5.74. The van der Waals surface area contributed by atoms with E-state index in [0.29, 0.717) is 6.54 Å². The molecule has 0 saturated carbocycles. The van der Waals surface area contributed by atoms with E-state index in [1.165, 1.54) is 4.90 Å². The van der Waals surface area contributed by atoms with E-state index in [2.05, 4.69) is 18.8 Å². The molecule has 1 fully saturated rings. The Morgan fingerprint density at radius 2 is 1.95 bits per heavy atom. The van der Waals surface area contributed by atoms with Gasteiger partial charge in [-0.2, -0.15) is 0 Å². The Balaban J connectivity index is 1.82. The molecule has 2 aromatic rings. The number of ether oxygens (including phenoxy) is 1. The van der Waals surface area contributed by atoms with Gasteiger partial charge in [-0.05, 0) is 26.8 Å². The number of quaternary nitrogens is 1. The maximum atomic E-state index is 12.7. The molecule has 2 N–H and O–H groups in total. The molecule has 1 aromatic heterocycles.